The van der Waals surface area contributed by atoms with Gasteiger partial charge >= 0.3 is 0 Å². The van der Waals surface area contributed by atoms with E-state index in [1.54, 1.807) is 21.3 Å². The number of nitrogens with zero attached hydrogens (tertiary/aromatic N) is 2. The highest BCUT2D eigenvalue weighted by molar-refractivity contribution is 5.77. The van der Waals surface area contributed by atoms with E-state index in [0.717, 1.165) is 13.1 Å². The van der Waals surface area contributed by atoms with E-state index in [4.69, 9.17) is 15.2 Å². The van der Waals surface area contributed by atoms with Crippen molar-refractivity contribution in [3.05, 3.63) is 0 Å². The molecule has 0 aromatic heterocycles. The van der Waals surface area contributed by atoms with Crippen molar-refractivity contribution >= 4 is 5.96 Å². The zero-order valence-electron chi connectivity index (χ0n) is 8.62. The second-order valence-electron chi connectivity index (χ2n) is 2.55. The Labute approximate surface area is 79.5 Å². The van der Waals surface area contributed by atoms with E-state index in [9.17, 15) is 0 Å². The van der Waals surface area contributed by atoms with Gasteiger partial charge in [-0.1, -0.05) is 0 Å². The van der Waals surface area contributed by atoms with Crippen molar-refractivity contribution < 1.29 is 9.47 Å². The highest BCUT2D eigenvalue weighted by Crippen LogP contribution is 1.88. The van der Waals surface area contributed by atoms with E-state index in [-0.39, 0.29) is 0 Å². The Morgan fingerprint density at radius 1 is 1.23 bits per heavy atom. The van der Waals surface area contributed by atoms with Crippen LogP contribution in [0.5, 0.6) is 0 Å². The SMILES string of the molecule is CN=C(N)N(CCOC)CCOC. The van der Waals surface area contributed by atoms with E-state index >= 15 is 0 Å². The predicted molar refractivity (Wildman–Crippen MR) is 52.9 cm³/mol. The minimum absolute atomic E-state index is 0.522. The molecule has 0 rings (SSSR count). The Morgan fingerprint density at radius 2 is 1.69 bits per heavy atom. The molecule has 0 bridgehead atoms. The van der Waals surface area contributed by atoms with E-state index in [1.165, 1.54) is 0 Å². The average Bonchev–Trinajstić information content (AvgIpc) is 2.17. The Morgan fingerprint density at radius 3 is 2.00 bits per heavy atom. The molecule has 0 aliphatic carbocycles. The number of aliphatic imine (C=N–C) groups is 1. The number of hydrogen-bond donors (Lipinski definition) is 1. The fraction of sp³-hybridized carbons (Fsp3) is 0.875. The summed E-state index contributed by atoms with van der Waals surface area (Å²) in [5.41, 5.74) is 5.66. The molecule has 0 heterocycles. The molecule has 0 radical (unpaired) electrons. The molecule has 0 aliphatic rings. The zero-order chi connectivity index (χ0) is 10.1. The molecule has 0 atom stereocenters. The fourth-order valence-electron chi connectivity index (χ4n) is 0.885. The number of methoxy groups -OCH3 is 2. The molecule has 0 unspecified atom stereocenters. The fourth-order valence-corrected chi connectivity index (χ4v) is 0.885. The summed E-state index contributed by atoms with van der Waals surface area (Å²) in [7, 11) is 4.99. The van der Waals surface area contributed by atoms with Gasteiger partial charge in [0.1, 0.15) is 0 Å². The van der Waals surface area contributed by atoms with Crippen molar-refractivity contribution in [2.75, 3.05) is 47.6 Å². The van der Waals surface area contributed by atoms with Crippen LogP contribution in [-0.4, -0.2) is 58.4 Å². The summed E-state index contributed by atoms with van der Waals surface area (Å²) in [4.78, 5) is 5.83. The first-order valence-electron chi connectivity index (χ1n) is 4.21. The maximum absolute atomic E-state index is 5.66. The maximum atomic E-state index is 5.66. The Bertz CT molecular complexity index is 142. The molecule has 0 aromatic carbocycles. The molecule has 0 fully saturated rings. The molecule has 0 spiro atoms. The van der Waals surface area contributed by atoms with Crippen LogP contribution in [0.15, 0.2) is 4.99 Å². The lowest BCUT2D eigenvalue weighted by atomic mass is 10.5. The summed E-state index contributed by atoms with van der Waals surface area (Å²) in [5, 5.41) is 0. The third-order valence-electron chi connectivity index (χ3n) is 1.68. The van der Waals surface area contributed by atoms with Crippen LogP contribution in [0.1, 0.15) is 0 Å². The third-order valence-corrected chi connectivity index (χ3v) is 1.68. The van der Waals surface area contributed by atoms with Gasteiger partial charge in [-0.2, -0.15) is 0 Å². The minimum Gasteiger partial charge on any atom is -0.383 e. The van der Waals surface area contributed by atoms with E-state index in [0.29, 0.717) is 19.2 Å². The molecule has 0 saturated heterocycles. The van der Waals surface area contributed by atoms with Gasteiger partial charge in [-0.25, -0.2) is 0 Å². The first kappa shape index (κ1) is 12.2. The normalized spacial score (nSPS) is 11.8. The van der Waals surface area contributed by atoms with Gasteiger partial charge in [0, 0.05) is 34.4 Å². The molecule has 78 valence electrons. The summed E-state index contributed by atoms with van der Waals surface area (Å²) in [5.74, 6) is 0.522. The van der Waals surface area contributed by atoms with Crippen LogP contribution < -0.4 is 5.73 Å². The van der Waals surface area contributed by atoms with Gasteiger partial charge in [-0.15, -0.1) is 0 Å². The number of rotatable bonds is 6. The molecular weight excluding hydrogens is 170 g/mol. The summed E-state index contributed by atoms with van der Waals surface area (Å²) < 4.78 is 9.91. The van der Waals surface area contributed by atoms with Crippen molar-refractivity contribution in [2.45, 2.75) is 0 Å². The van der Waals surface area contributed by atoms with Crippen molar-refractivity contribution in [1.82, 2.24) is 4.90 Å². The number of guanidine groups is 1. The molecule has 2 N–H and O–H groups in total. The van der Waals surface area contributed by atoms with Crippen molar-refractivity contribution in [3.63, 3.8) is 0 Å². The van der Waals surface area contributed by atoms with Gasteiger partial charge in [0.2, 0.25) is 0 Å². The summed E-state index contributed by atoms with van der Waals surface area (Å²) in [6.45, 7) is 2.76. The lowest BCUT2D eigenvalue weighted by Gasteiger charge is -2.22. The lowest BCUT2D eigenvalue weighted by molar-refractivity contribution is 0.145. The van der Waals surface area contributed by atoms with E-state index < -0.39 is 0 Å². The van der Waals surface area contributed by atoms with E-state index in [1.807, 2.05) is 4.90 Å². The van der Waals surface area contributed by atoms with Gasteiger partial charge in [0.15, 0.2) is 5.96 Å². The number of ether oxygens (including phenoxy) is 2. The van der Waals surface area contributed by atoms with E-state index in [2.05, 4.69) is 4.99 Å². The first-order chi connectivity index (χ1) is 6.26. The molecule has 0 aromatic rings. The van der Waals surface area contributed by atoms with Crippen LogP contribution in [-0.2, 0) is 9.47 Å². The topological polar surface area (TPSA) is 60.1 Å². The van der Waals surface area contributed by atoms with Crippen LogP contribution in [0.3, 0.4) is 0 Å². The largest absolute Gasteiger partial charge is 0.383 e. The summed E-state index contributed by atoms with van der Waals surface area (Å²) >= 11 is 0. The minimum atomic E-state index is 0.522. The van der Waals surface area contributed by atoms with Crippen molar-refractivity contribution in [2.24, 2.45) is 10.7 Å². The van der Waals surface area contributed by atoms with Gasteiger partial charge in [0.05, 0.1) is 13.2 Å². The molecule has 0 saturated carbocycles. The maximum Gasteiger partial charge on any atom is 0.191 e. The molecule has 0 amide bonds. The van der Waals surface area contributed by atoms with Gasteiger partial charge in [0.25, 0.3) is 0 Å². The summed E-state index contributed by atoms with van der Waals surface area (Å²) in [6.07, 6.45) is 0. The van der Waals surface area contributed by atoms with Crippen LogP contribution in [0.25, 0.3) is 0 Å². The highest BCUT2D eigenvalue weighted by Gasteiger charge is 2.05. The second-order valence-corrected chi connectivity index (χ2v) is 2.55. The van der Waals surface area contributed by atoms with Gasteiger partial charge in [-0.05, 0) is 0 Å². The van der Waals surface area contributed by atoms with Crippen molar-refractivity contribution in [3.8, 4) is 0 Å². The van der Waals surface area contributed by atoms with Gasteiger partial charge < -0.3 is 20.1 Å². The van der Waals surface area contributed by atoms with Crippen LogP contribution in [0.2, 0.25) is 0 Å². The molecule has 5 heteroatoms. The molecule has 0 aliphatic heterocycles. The number of nitrogens with two attached hydrogens (primary N) is 1. The summed E-state index contributed by atoms with van der Waals surface area (Å²) in [6, 6.07) is 0. The smallest absolute Gasteiger partial charge is 0.191 e. The molecule has 13 heavy (non-hydrogen) atoms. The first-order valence-corrected chi connectivity index (χ1v) is 4.21. The Balaban J connectivity index is 3.87. The highest BCUT2D eigenvalue weighted by atomic mass is 16.5. The Hall–Kier alpha value is -0.810. The van der Waals surface area contributed by atoms with Crippen LogP contribution in [0.4, 0.5) is 0 Å². The van der Waals surface area contributed by atoms with Crippen molar-refractivity contribution in [1.29, 1.82) is 0 Å². The number of hydrogen-bond acceptors (Lipinski definition) is 3. The second kappa shape index (κ2) is 7.82. The standard InChI is InChI=1S/C8H19N3O2/c1-10-8(9)11(4-6-12-2)5-7-13-3/h4-7H2,1-3H3,(H2,9,10). The molecular formula is C8H19N3O2. The van der Waals surface area contributed by atoms with Gasteiger partial charge in [-0.3, -0.25) is 4.99 Å². The average molecular weight is 189 g/mol. The quantitative estimate of drug-likeness (QED) is 0.453. The van der Waals surface area contributed by atoms with Crippen LogP contribution >= 0.6 is 0 Å². The third kappa shape index (κ3) is 5.43. The molecule has 5 nitrogen and oxygen atoms in total. The lowest BCUT2D eigenvalue weighted by Crippen LogP contribution is -2.41. The van der Waals surface area contributed by atoms with Crippen LogP contribution in [0, 0.1) is 0 Å². The zero-order valence-corrected chi connectivity index (χ0v) is 8.62. The predicted octanol–water partition coefficient (Wildman–Crippen LogP) is -0.474. The Kier molecular flexibility index (Phi) is 7.33. The monoisotopic (exact) mass is 189 g/mol.